The predicted octanol–water partition coefficient (Wildman–Crippen LogP) is 4.14. The Labute approximate surface area is 115 Å². The summed E-state index contributed by atoms with van der Waals surface area (Å²) >= 11 is 5.96. The Morgan fingerprint density at radius 3 is 2.68 bits per heavy atom. The standard InChI is InChI=1S/C15H12ClFO2/c1-10-8-11(6-7-14(10)17)15(18)19-9-12-4-2-3-5-13(12)16/h2-8H,9H2,1H3. The van der Waals surface area contributed by atoms with Crippen LogP contribution in [0.3, 0.4) is 0 Å². The molecule has 0 N–H and O–H groups in total. The van der Waals surface area contributed by atoms with Crippen molar-refractivity contribution in [2.24, 2.45) is 0 Å². The van der Waals surface area contributed by atoms with Gasteiger partial charge < -0.3 is 4.74 Å². The van der Waals surface area contributed by atoms with Gasteiger partial charge in [0.2, 0.25) is 0 Å². The first-order chi connectivity index (χ1) is 9.08. The van der Waals surface area contributed by atoms with Gasteiger partial charge >= 0.3 is 5.97 Å². The number of aryl methyl sites for hydroxylation is 1. The van der Waals surface area contributed by atoms with Crippen LogP contribution in [0.1, 0.15) is 21.5 Å². The minimum atomic E-state index is -0.497. The molecule has 0 aromatic heterocycles. The molecule has 0 amide bonds. The van der Waals surface area contributed by atoms with E-state index in [9.17, 15) is 9.18 Å². The van der Waals surface area contributed by atoms with E-state index in [1.807, 2.05) is 6.07 Å². The molecule has 0 spiro atoms. The van der Waals surface area contributed by atoms with Crippen LogP contribution in [-0.2, 0) is 11.3 Å². The Hall–Kier alpha value is -1.87. The fraction of sp³-hybridized carbons (Fsp3) is 0.133. The SMILES string of the molecule is Cc1cc(C(=O)OCc2ccccc2Cl)ccc1F. The maximum atomic E-state index is 13.1. The quantitative estimate of drug-likeness (QED) is 0.789. The Bertz CT molecular complexity index is 611. The molecule has 0 fully saturated rings. The third-order valence-corrected chi connectivity index (χ3v) is 3.08. The number of hydrogen-bond acceptors (Lipinski definition) is 2. The number of carbonyl (C=O) groups excluding carboxylic acids is 1. The van der Waals surface area contributed by atoms with Gasteiger partial charge in [0.05, 0.1) is 5.56 Å². The molecule has 0 atom stereocenters. The van der Waals surface area contributed by atoms with Gasteiger partial charge in [0, 0.05) is 10.6 Å². The van der Waals surface area contributed by atoms with Crippen LogP contribution >= 0.6 is 11.6 Å². The number of ether oxygens (including phenoxy) is 1. The molecule has 0 radical (unpaired) electrons. The molecule has 2 nitrogen and oxygen atoms in total. The lowest BCUT2D eigenvalue weighted by Crippen LogP contribution is -2.06. The summed E-state index contributed by atoms with van der Waals surface area (Å²) in [7, 11) is 0. The topological polar surface area (TPSA) is 26.3 Å². The summed E-state index contributed by atoms with van der Waals surface area (Å²) in [5.41, 5.74) is 1.47. The fourth-order valence-electron chi connectivity index (χ4n) is 1.61. The van der Waals surface area contributed by atoms with Gasteiger partial charge in [-0.1, -0.05) is 29.8 Å². The summed E-state index contributed by atoms with van der Waals surface area (Å²) in [6.45, 7) is 1.69. The molecular formula is C15H12ClFO2. The van der Waals surface area contributed by atoms with Crippen molar-refractivity contribution < 1.29 is 13.9 Å². The van der Waals surface area contributed by atoms with E-state index in [1.165, 1.54) is 18.2 Å². The molecule has 0 heterocycles. The van der Waals surface area contributed by atoms with Crippen molar-refractivity contribution >= 4 is 17.6 Å². The number of benzene rings is 2. The molecule has 0 aliphatic rings. The van der Waals surface area contributed by atoms with Crippen LogP contribution in [0.2, 0.25) is 5.02 Å². The first kappa shape index (κ1) is 13.6. The first-order valence-corrected chi connectivity index (χ1v) is 6.12. The van der Waals surface area contributed by atoms with E-state index in [2.05, 4.69) is 0 Å². The maximum absolute atomic E-state index is 13.1. The minimum Gasteiger partial charge on any atom is -0.457 e. The average molecular weight is 279 g/mol. The van der Waals surface area contributed by atoms with Crippen LogP contribution in [-0.4, -0.2) is 5.97 Å². The van der Waals surface area contributed by atoms with Crippen molar-refractivity contribution in [2.75, 3.05) is 0 Å². The Balaban J connectivity index is 2.05. The van der Waals surface area contributed by atoms with E-state index < -0.39 is 5.97 Å². The zero-order valence-electron chi connectivity index (χ0n) is 10.3. The van der Waals surface area contributed by atoms with Crippen molar-refractivity contribution in [3.63, 3.8) is 0 Å². The van der Waals surface area contributed by atoms with E-state index in [0.29, 0.717) is 16.1 Å². The highest BCUT2D eigenvalue weighted by Crippen LogP contribution is 2.17. The van der Waals surface area contributed by atoms with Crippen LogP contribution < -0.4 is 0 Å². The third kappa shape index (κ3) is 3.32. The van der Waals surface area contributed by atoms with Gasteiger partial charge in [-0.3, -0.25) is 0 Å². The first-order valence-electron chi connectivity index (χ1n) is 5.74. The number of rotatable bonds is 3. The largest absolute Gasteiger partial charge is 0.457 e. The zero-order chi connectivity index (χ0) is 13.8. The van der Waals surface area contributed by atoms with E-state index in [4.69, 9.17) is 16.3 Å². The van der Waals surface area contributed by atoms with Gasteiger partial charge in [0.25, 0.3) is 0 Å². The second kappa shape index (κ2) is 5.85. The molecule has 98 valence electrons. The second-order valence-electron chi connectivity index (χ2n) is 4.13. The lowest BCUT2D eigenvalue weighted by Gasteiger charge is -2.07. The molecule has 2 aromatic carbocycles. The molecule has 19 heavy (non-hydrogen) atoms. The summed E-state index contributed by atoms with van der Waals surface area (Å²) in [6.07, 6.45) is 0. The molecule has 0 bridgehead atoms. The van der Waals surface area contributed by atoms with E-state index >= 15 is 0 Å². The molecule has 2 aromatic rings. The number of hydrogen-bond donors (Lipinski definition) is 0. The van der Waals surface area contributed by atoms with Gasteiger partial charge in [0.1, 0.15) is 12.4 Å². The van der Waals surface area contributed by atoms with Gasteiger partial charge in [0.15, 0.2) is 0 Å². The van der Waals surface area contributed by atoms with Crippen molar-refractivity contribution in [1.29, 1.82) is 0 Å². The summed E-state index contributed by atoms with van der Waals surface area (Å²) in [5.74, 6) is -0.842. The molecule has 4 heteroatoms. The van der Waals surface area contributed by atoms with E-state index in [-0.39, 0.29) is 12.4 Å². The van der Waals surface area contributed by atoms with Gasteiger partial charge in [-0.2, -0.15) is 0 Å². The second-order valence-corrected chi connectivity index (χ2v) is 4.54. The molecule has 0 aliphatic carbocycles. The smallest absolute Gasteiger partial charge is 0.338 e. The molecule has 2 rings (SSSR count). The van der Waals surface area contributed by atoms with Crippen molar-refractivity contribution in [2.45, 2.75) is 13.5 Å². The highest BCUT2D eigenvalue weighted by molar-refractivity contribution is 6.31. The van der Waals surface area contributed by atoms with E-state index in [1.54, 1.807) is 25.1 Å². The Kier molecular flexibility index (Phi) is 4.17. The molecule has 0 aliphatic heterocycles. The number of carbonyl (C=O) groups is 1. The Morgan fingerprint density at radius 2 is 2.00 bits per heavy atom. The normalized spacial score (nSPS) is 10.3. The predicted molar refractivity (Wildman–Crippen MR) is 71.7 cm³/mol. The summed E-state index contributed by atoms with van der Waals surface area (Å²) in [5, 5.41) is 0.547. The molecule has 0 saturated carbocycles. The fourth-order valence-corrected chi connectivity index (χ4v) is 1.80. The summed E-state index contributed by atoms with van der Waals surface area (Å²) in [4.78, 5) is 11.8. The number of esters is 1. The summed E-state index contributed by atoms with van der Waals surface area (Å²) in [6, 6.07) is 11.2. The molecular weight excluding hydrogens is 267 g/mol. The lowest BCUT2D eigenvalue weighted by atomic mass is 10.1. The average Bonchev–Trinajstić information content (AvgIpc) is 2.40. The number of halogens is 2. The van der Waals surface area contributed by atoms with Crippen LogP contribution in [0.15, 0.2) is 42.5 Å². The van der Waals surface area contributed by atoms with Crippen molar-refractivity contribution in [3.8, 4) is 0 Å². The zero-order valence-corrected chi connectivity index (χ0v) is 11.1. The van der Waals surface area contributed by atoms with Gasteiger partial charge in [-0.05, 0) is 36.8 Å². The van der Waals surface area contributed by atoms with Crippen LogP contribution in [0.25, 0.3) is 0 Å². The monoisotopic (exact) mass is 278 g/mol. The molecule has 0 saturated heterocycles. The van der Waals surface area contributed by atoms with E-state index in [0.717, 1.165) is 5.56 Å². The van der Waals surface area contributed by atoms with Crippen LogP contribution in [0.5, 0.6) is 0 Å². The third-order valence-electron chi connectivity index (χ3n) is 2.71. The summed E-state index contributed by atoms with van der Waals surface area (Å²) < 4.78 is 18.2. The van der Waals surface area contributed by atoms with Crippen LogP contribution in [0.4, 0.5) is 4.39 Å². The Morgan fingerprint density at radius 1 is 1.26 bits per heavy atom. The lowest BCUT2D eigenvalue weighted by molar-refractivity contribution is 0.0472. The van der Waals surface area contributed by atoms with Crippen LogP contribution in [0, 0.1) is 12.7 Å². The highest BCUT2D eigenvalue weighted by Gasteiger charge is 2.10. The minimum absolute atomic E-state index is 0.0922. The maximum Gasteiger partial charge on any atom is 0.338 e. The van der Waals surface area contributed by atoms with Crippen molar-refractivity contribution in [3.05, 3.63) is 70.0 Å². The van der Waals surface area contributed by atoms with Gasteiger partial charge in [-0.25, -0.2) is 9.18 Å². The van der Waals surface area contributed by atoms with Crippen molar-refractivity contribution in [1.82, 2.24) is 0 Å². The van der Waals surface area contributed by atoms with Gasteiger partial charge in [-0.15, -0.1) is 0 Å². The molecule has 0 unspecified atom stereocenters. The highest BCUT2D eigenvalue weighted by atomic mass is 35.5.